The SMILES string of the molecule is COCC1(CO)CCN(C(=O)C2(c3c(F)cccc3F)CCC2)C1. The van der Waals surface area contributed by atoms with E-state index in [0.29, 0.717) is 39.0 Å². The van der Waals surface area contributed by atoms with E-state index in [9.17, 15) is 18.7 Å². The van der Waals surface area contributed by atoms with Crippen LogP contribution in [0.5, 0.6) is 0 Å². The Bertz CT molecular complexity index is 612. The number of hydrogen-bond donors (Lipinski definition) is 1. The van der Waals surface area contributed by atoms with Crippen LogP contribution in [0.3, 0.4) is 0 Å². The van der Waals surface area contributed by atoms with Crippen LogP contribution in [0.15, 0.2) is 18.2 Å². The number of rotatable bonds is 5. The minimum absolute atomic E-state index is 0.0777. The molecule has 1 aromatic carbocycles. The number of halogens is 2. The highest BCUT2D eigenvalue weighted by Gasteiger charge is 2.53. The van der Waals surface area contributed by atoms with Gasteiger partial charge in [0.05, 0.1) is 18.6 Å². The molecule has 1 aliphatic heterocycles. The Labute approximate surface area is 140 Å². The van der Waals surface area contributed by atoms with Crippen molar-refractivity contribution in [2.45, 2.75) is 31.1 Å². The molecule has 1 saturated heterocycles. The van der Waals surface area contributed by atoms with Crippen molar-refractivity contribution >= 4 is 5.91 Å². The van der Waals surface area contributed by atoms with Gasteiger partial charge < -0.3 is 14.7 Å². The fourth-order valence-electron chi connectivity index (χ4n) is 4.07. The molecule has 4 nitrogen and oxygen atoms in total. The molecule has 1 heterocycles. The summed E-state index contributed by atoms with van der Waals surface area (Å²) in [4.78, 5) is 14.8. The maximum absolute atomic E-state index is 14.3. The van der Waals surface area contributed by atoms with Crippen molar-refractivity contribution in [1.29, 1.82) is 0 Å². The molecular formula is C18H23F2NO3. The van der Waals surface area contributed by atoms with E-state index in [2.05, 4.69) is 0 Å². The summed E-state index contributed by atoms with van der Waals surface area (Å²) in [6.45, 7) is 1.11. The van der Waals surface area contributed by atoms with Gasteiger partial charge in [0.25, 0.3) is 0 Å². The lowest BCUT2D eigenvalue weighted by atomic mass is 9.63. The highest BCUT2D eigenvalue weighted by Crippen LogP contribution is 2.48. The van der Waals surface area contributed by atoms with Crippen molar-refractivity contribution in [2.24, 2.45) is 5.41 Å². The van der Waals surface area contributed by atoms with Crippen molar-refractivity contribution in [1.82, 2.24) is 4.90 Å². The van der Waals surface area contributed by atoms with Crippen LogP contribution in [-0.2, 0) is 14.9 Å². The summed E-state index contributed by atoms with van der Waals surface area (Å²) in [5.41, 5.74) is -1.69. The summed E-state index contributed by atoms with van der Waals surface area (Å²) in [6, 6.07) is 3.73. The van der Waals surface area contributed by atoms with E-state index in [1.165, 1.54) is 18.2 Å². The molecule has 24 heavy (non-hydrogen) atoms. The molecule has 2 aliphatic rings. The number of carbonyl (C=O) groups is 1. The van der Waals surface area contributed by atoms with Gasteiger partial charge in [0.15, 0.2) is 0 Å². The Hall–Kier alpha value is -1.53. The summed E-state index contributed by atoms with van der Waals surface area (Å²) >= 11 is 0. The molecule has 2 fully saturated rings. The number of aliphatic hydroxyl groups is 1. The number of methoxy groups -OCH3 is 1. The number of benzene rings is 1. The Morgan fingerprint density at radius 3 is 2.46 bits per heavy atom. The molecule has 1 N–H and O–H groups in total. The largest absolute Gasteiger partial charge is 0.396 e. The van der Waals surface area contributed by atoms with Gasteiger partial charge in [-0.15, -0.1) is 0 Å². The average molecular weight is 339 g/mol. The normalized spacial score (nSPS) is 25.6. The first-order chi connectivity index (χ1) is 11.5. The number of amides is 1. The Morgan fingerprint density at radius 1 is 1.29 bits per heavy atom. The highest BCUT2D eigenvalue weighted by atomic mass is 19.1. The van der Waals surface area contributed by atoms with Gasteiger partial charge in [-0.25, -0.2) is 8.78 Å². The van der Waals surface area contributed by atoms with Gasteiger partial charge in [0.1, 0.15) is 11.6 Å². The van der Waals surface area contributed by atoms with Crippen LogP contribution in [-0.4, -0.2) is 49.3 Å². The molecule has 6 heteroatoms. The molecule has 3 rings (SSSR count). The van der Waals surface area contributed by atoms with Crippen molar-refractivity contribution < 1.29 is 23.4 Å². The Balaban J connectivity index is 1.88. The number of carbonyl (C=O) groups excluding carboxylic acids is 1. The Morgan fingerprint density at radius 2 is 1.96 bits per heavy atom. The maximum atomic E-state index is 14.3. The van der Waals surface area contributed by atoms with Gasteiger partial charge >= 0.3 is 0 Å². The topological polar surface area (TPSA) is 49.8 Å². The number of nitrogens with zero attached hydrogens (tertiary/aromatic N) is 1. The molecule has 0 spiro atoms. The minimum Gasteiger partial charge on any atom is -0.396 e. The first kappa shape index (κ1) is 17.3. The molecule has 0 bridgehead atoms. The molecular weight excluding hydrogens is 316 g/mol. The monoisotopic (exact) mass is 339 g/mol. The van der Waals surface area contributed by atoms with Gasteiger partial charge in [0.2, 0.25) is 5.91 Å². The summed E-state index contributed by atoms with van der Waals surface area (Å²) in [6.07, 6.45) is 2.31. The van der Waals surface area contributed by atoms with Crippen molar-refractivity contribution in [2.75, 3.05) is 33.4 Å². The lowest BCUT2D eigenvalue weighted by molar-refractivity contribution is -0.141. The summed E-state index contributed by atoms with van der Waals surface area (Å²) in [5.74, 6) is -1.55. The fraction of sp³-hybridized carbons (Fsp3) is 0.611. The second-order valence-electron chi connectivity index (χ2n) is 7.10. The fourth-order valence-corrected chi connectivity index (χ4v) is 4.07. The van der Waals surface area contributed by atoms with Crippen LogP contribution in [0, 0.1) is 17.0 Å². The zero-order valence-electron chi connectivity index (χ0n) is 13.9. The molecule has 1 aliphatic carbocycles. The number of aliphatic hydroxyl groups excluding tert-OH is 1. The molecule has 132 valence electrons. The van der Waals surface area contributed by atoms with Crippen LogP contribution < -0.4 is 0 Å². The third-order valence-electron chi connectivity index (χ3n) is 5.57. The first-order valence-electron chi connectivity index (χ1n) is 8.32. The van der Waals surface area contributed by atoms with Crippen molar-refractivity contribution in [3.05, 3.63) is 35.4 Å². The van der Waals surface area contributed by atoms with E-state index in [4.69, 9.17) is 4.74 Å². The number of hydrogen-bond acceptors (Lipinski definition) is 3. The number of likely N-dealkylation sites (tertiary alicyclic amines) is 1. The van der Waals surface area contributed by atoms with E-state index < -0.39 is 22.5 Å². The zero-order chi connectivity index (χ0) is 17.4. The standard InChI is InChI=1S/C18H23F2NO3/c1-24-12-17(11-22)8-9-21(10-17)16(23)18(6-3-7-18)15-13(19)4-2-5-14(15)20/h2,4-5,22H,3,6-12H2,1H3. The van der Waals surface area contributed by atoms with Gasteiger partial charge in [-0.1, -0.05) is 12.5 Å². The highest BCUT2D eigenvalue weighted by molar-refractivity contribution is 5.89. The lowest BCUT2D eigenvalue weighted by Gasteiger charge is -2.43. The quantitative estimate of drug-likeness (QED) is 0.895. The van der Waals surface area contributed by atoms with Crippen LogP contribution in [0.1, 0.15) is 31.2 Å². The van der Waals surface area contributed by atoms with Gasteiger partial charge in [-0.3, -0.25) is 4.79 Å². The first-order valence-corrected chi connectivity index (χ1v) is 8.32. The lowest BCUT2D eigenvalue weighted by Crippen LogP contribution is -2.52. The van der Waals surface area contributed by atoms with Gasteiger partial charge in [-0.2, -0.15) is 0 Å². The summed E-state index contributed by atoms with van der Waals surface area (Å²) in [7, 11) is 1.56. The predicted octanol–water partition coefficient (Wildman–Crippen LogP) is 2.24. The molecule has 0 radical (unpaired) electrons. The van der Waals surface area contributed by atoms with Crippen LogP contribution in [0.4, 0.5) is 8.78 Å². The minimum atomic E-state index is -1.10. The molecule has 1 aromatic rings. The van der Waals surface area contributed by atoms with Crippen LogP contribution >= 0.6 is 0 Å². The second kappa shape index (κ2) is 6.41. The van der Waals surface area contributed by atoms with Crippen molar-refractivity contribution in [3.8, 4) is 0 Å². The summed E-state index contributed by atoms with van der Waals surface area (Å²) in [5, 5.41) is 9.69. The molecule has 1 unspecified atom stereocenters. The third-order valence-corrected chi connectivity index (χ3v) is 5.57. The molecule has 1 atom stereocenters. The average Bonchev–Trinajstić information content (AvgIpc) is 2.94. The summed E-state index contributed by atoms with van der Waals surface area (Å²) < 4.78 is 33.7. The Kier molecular flexibility index (Phi) is 4.62. The van der Waals surface area contributed by atoms with E-state index in [1.807, 2.05) is 0 Å². The smallest absolute Gasteiger partial charge is 0.233 e. The molecule has 1 saturated carbocycles. The third kappa shape index (κ3) is 2.62. The predicted molar refractivity (Wildman–Crippen MR) is 84.5 cm³/mol. The van der Waals surface area contributed by atoms with E-state index in [-0.39, 0.29) is 18.1 Å². The van der Waals surface area contributed by atoms with Crippen LogP contribution in [0.25, 0.3) is 0 Å². The molecule has 0 aromatic heterocycles. The maximum Gasteiger partial charge on any atom is 0.233 e. The van der Waals surface area contributed by atoms with E-state index >= 15 is 0 Å². The van der Waals surface area contributed by atoms with E-state index in [1.54, 1.807) is 12.0 Å². The van der Waals surface area contributed by atoms with Gasteiger partial charge in [-0.05, 0) is 31.4 Å². The zero-order valence-corrected chi connectivity index (χ0v) is 13.9. The second-order valence-corrected chi connectivity index (χ2v) is 7.10. The number of ether oxygens (including phenoxy) is 1. The van der Waals surface area contributed by atoms with Crippen molar-refractivity contribution in [3.63, 3.8) is 0 Å². The van der Waals surface area contributed by atoms with Gasteiger partial charge in [0, 0.05) is 31.2 Å². The molecule has 1 amide bonds. The van der Waals surface area contributed by atoms with E-state index in [0.717, 1.165) is 6.42 Å². The van der Waals surface area contributed by atoms with Crippen LogP contribution in [0.2, 0.25) is 0 Å².